The van der Waals surface area contributed by atoms with Gasteiger partial charge in [-0.2, -0.15) is 0 Å². The molecule has 6 heteroatoms. The van der Waals surface area contributed by atoms with Gasteiger partial charge in [-0.15, -0.1) is 0 Å². The van der Waals surface area contributed by atoms with Gasteiger partial charge in [0.25, 0.3) is 0 Å². The number of furan rings is 1. The molecule has 0 aliphatic carbocycles. The normalized spacial score (nSPS) is 16.8. The van der Waals surface area contributed by atoms with Gasteiger partial charge in [-0.25, -0.2) is 5.01 Å². The fourth-order valence-corrected chi connectivity index (χ4v) is 2.74. The Balaban J connectivity index is 1.81. The minimum atomic E-state index is -0.208. The number of piperazine rings is 1. The van der Waals surface area contributed by atoms with Gasteiger partial charge in [-0.1, -0.05) is 18.2 Å². The Morgan fingerprint density at radius 2 is 2.00 bits per heavy atom. The summed E-state index contributed by atoms with van der Waals surface area (Å²) in [5.74, 6) is 0.138. The highest BCUT2D eigenvalue weighted by atomic mass is 16.5. The van der Waals surface area contributed by atoms with Crippen LogP contribution < -0.4 is 5.43 Å². The topological polar surface area (TPSA) is 58.0 Å². The molecule has 0 radical (unpaired) electrons. The number of nitrogens with zero attached hydrogens (tertiary/aromatic N) is 2. The van der Waals surface area contributed by atoms with Crippen LogP contribution in [0, 0.1) is 0 Å². The summed E-state index contributed by atoms with van der Waals surface area (Å²) in [6, 6.07) is 7.67. The van der Waals surface area contributed by atoms with Gasteiger partial charge in [0, 0.05) is 43.7 Å². The Morgan fingerprint density at radius 1 is 1.26 bits per heavy atom. The monoisotopic (exact) mass is 317 g/mol. The minimum absolute atomic E-state index is 0.208. The van der Waals surface area contributed by atoms with E-state index in [-0.39, 0.29) is 5.91 Å². The molecule has 1 N–H and O–H groups in total. The van der Waals surface area contributed by atoms with E-state index in [9.17, 15) is 4.79 Å². The number of carbonyl (C=O) groups is 1. The van der Waals surface area contributed by atoms with Gasteiger partial charge in [0.2, 0.25) is 0 Å². The summed E-state index contributed by atoms with van der Waals surface area (Å²) in [4.78, 5) is 14.9. The number of likely N-dealkylation sites (N-methyl/N-ethyl adjacent to an activating group) is 1. The van der Waals surface area contributed by atoms with E-state index in [1.165, 1.54) is 0 Å². The molecule has 1 aliphatic rings. The summed E-state index contributed by atoms with van der Waals surface area (Å²) < 4.78 is 11.3. The maximum Gasteiger partial charge on any atom is 0.301 e. The lowest BCUT2D eigenvalue weighted by Gasteiger charge is -2.32. The van der Waals surface area contributed by atoms with Crippen molar-refractivity contribution in [2.24, 2.45) is 0 Å². The van der Waals surface area contributed by atoms with Gasteiger partial charge in [-0.3, -0.25) is 10.2 Å². The van der Waals surface area contributed by atoms with E-state index in [0.29, 0.717) is 24.6 Å². The lowest BCUT2D eigenvalue weighted by atomic mass is 10.1. The summed E-state index contributed by atoms with van der Waals surface area (Å²) >= 11 is 0. The number of carbonyl (C=O) groups excluding carboxylic acids is 1. The van der Waals surface area contributed by atoms with Crippen molar-refractivity contribution in [1.29, 1.82) is 0 Å². The zero-order valence-corrected chi connectivity index (χ0v) is 13.7. The molecular formula is C17H23N3O3. The molecule has 0 atom stereocenters. The molecule has 1 amide bonds. The number of ether oxygens (including phenoxy) is 1. The minimum Gasteiger partial charge on any atom is -0.450 e. The first kappa shape index (κ1) is 16.0. The van der Waals surface area contributed by atoms with E-state index in [1.54, 1.807) is 0 Å². The molecule has 2 heterocycles. The molecule has 3 rings (SSSR count). The van der Waals surface area contributed by atoms with Crippen LogP contribution in [0.5, 0.6) is 0 Å². The average Bonchev–Trinajstić information content (AvgIpc) is 2.94. The molecule has 0 bridgehead atoms. The molecule has 1 aliphatic heterocycles. The van der Waals surface area contributed by atoms with Crippen molar-refractivity contribution in [2.45, 2.75) is 13.5 Å². The van der Waals surface area contributed by atoms with Crippen LogP contribution in [-0.2, 0) is 11.3 Å². The van der Waals surface area contributed by atoms with E-state index in [2.05, 4.69) is 17.4 Å². The predicted octanol–water partition coefficient (Wildman–Crippen LogP) is 1.86. The van der Waals surface area contributed by atoms with Gasteiger partial charge < -0.3 is 14.1 Å². The third-order valence-electron chi connectivity index (χ3n) is 4.12. The highest BCUT2D eigenvalue weighted by Crippen LogP contribution is 2.26. The first-order chi connectivity index (χ1) is 11.2. The van der Waals surface area contributed by atoms with Gasteiger partial charge in [0.15, 0.2) is 5.76 Å². The summed E-state index contributed by atoms with van der Waals surface area (Å²) in [7, 11) is 2.08. The van der Waals surface area contributed by atoms with Crippen molar-refractivity contribution in [2.75, 3.05) is 39.8 Å². The number of amides is 1. The Morgan fingerprint density at radius 3 is 2.74 bits per heavy atom. The van der Waals surface area contributed by atoms with E-state index in [4.69, 9.17) is 9.15 Å². The van der Waals surface area contributed by atoms with Gasteiger partial charge in [0.05, 0.1) is 6.61 Å². The molecule has 0 unspecified atom stereocenters. The number of hydrogen-bond donors (Lipinski definition) is 1. The van der Waals surface area contributed by atoms with E-state index in [1.807, 2.05) is 36.2 Å². The van der Waals surface area contributed by atoms with E-state index >= 15 is 0 Å². The molecule has 6 nitrogen and oxygen atoms in total. The summed E-state index contributed by atoms with van der Waals surface area (Å²) in [5.41, 5.74) is 4.48. The highest BCUT2D eigenvalue weighted by molar-refractivity contribution is 5.98. The van der Waals surface area contributed by atoms with Crippen LogP contribution >= 0.6 is 0 Å². The molecule has 23 heavy (non-hydrogen) atoms. The van der Waals surface area contributed by atoms with Crippen LogP contribution in [0.4, 0.5) is 0 Å². The SMILES string of the molecule is CCOCc1c(C(=O)NN2CCN(C)CC2)oc2ccccc12. The summed E-state index contributed by atoms with van der Waals surface area (Å²) in [6.45, 7) is 6.40. The standard InChI is InChI=1S/C17H23N3O3/c1-3-22-12-14-13-6-4-5-7-15(13)23-16(14)17(21)18-20-10-8-19(2)9-11-20/h4-7H,3,8-12H2,1-2H3,(H,18,21). The molecule has 1 saturated heterocycles. The molecular weight excluding hydrogens is 294 g/mol. The number of hydrazine groups is 1. The van der Waals surface area contributed by atoms with Crippen molar-refractivity contribution < 1.29 is 13.9 Å². The van der Waals surface area contributed by atoms with Crippen LogP contribution in [0.25, 0.3) is 11.0 Å². The Kier molecular flexibility index (Phi) is 4.95. The number of benzene rings is 1. The molecule has 0 spiro atoms. The average molecular weight is 317 g/mol. The smallest absolute Gasteiger partial charge is 0.301 e. The van der Waals surface area contributed by atoms with Gasteiger partial charge in [-0.05, 0) is 20.0 Å². The van der Waals surface area contributed by atoms with Crippen LogP contribution in [0.15, 0.2) is 28.7 Å². The Hall–Kier alpha value is -1.89. The van der Waals surface area contributed by atoms with Crippen LogP contribution in [-0.4, -0.2) is 55.6 Å². The summed E-state index contributed by atoms with van der Waals surface area (Å²) in [6.07, 6.45) is 0. The van der Waals surface area contributed by atoms with E-state index < -0.39 is 0 Å². The Labute approximate surface area is 136 Å². The third kappa shape index (κ3) is 3.55. The van der Waals surface area contributed by atoms with Gasteiger partial charge in [0.1, 0.15) is 5.58 Å². The van der Waals surface area contributed by atoms with Crippen LogP contribution in [0.1, 0.15) is 23.0 Å². The molecule has 1 fully saturated rings. The molecule has 1 aromatic carbocycles. The zero-order chi connectivity index (χ0) is 16.2. The largest absolute Gasteiger partial charge is 0.450 e. The van der Waals surface area contributed by atoms with Crippen LogP contribution in [0.2, 0.25) is 0 Å². The number of nitrogens with one attached hydrogen (secondary N) is 1. The maximum absolute atomic E-state index is 12.6. The number of rotatable bonds is 5. The number of hydrogen-bond acceptors (Lipinski definition) is 5. The molecule has 1 aromatic heterocycles. The first-order valence-corrected chi connectivity index (χ1v) is 8.01. The lowest BCUT2D eigenvalue weighted by Crippen LogP contribution is -2.52. The second-order valence-electron chi connectivity index (χ2n) is 5.77. The Bertz CT molecular complexity index is 675. The highest BCUT2D eigenvalue weighted by Gasteiger charge is 2.23. The van der Waals surface area contributed by atoms with E-state index in [0.717, 1.165) is 37.1 Å². The second kappa shape index (κ2) is 7.12. The lowest BCUT2D eigenvalue weighted by molar-refractivity contribution is 0.0631. The molecule has 124 valence electrons. The van der Waals surface area contributed by atoms with Crippen molar-refractivity contribution in [1.82, 2.24) is 15.3 Å². The predicted molar refractivity (Wildman–Crippen MR) is 88.1 cm³/mol. The zero-order valence-electron chi connectivity index (χ0n) is 13.7. The van der Waals surface area contributed by atoms with Gasteiger partial charge >= 0.3 is 5.91 Å². The molecule has 2 aromatic rings. The third-order valence-corrected chi connectivity index (χ3v) is 4.12. The van der Waals surface area contributed by atoms with Crippen LogP contribution in [0.3, 0.4) is 0 Å². The van der Waals surface area contributed by atoms with Crippen molar-refractivity contribution in [3.8, 4) is 0 Å². The van der Waals surface area contributed by atoms with Crippen molar-refractivity contribution in [3.63, 3.8) is 0 Å². The summed E-state index contributed by atoms with van der Waals surface area (Å²) in [5, 5.41) is 2.88. The molecule has 0 saturated carbocycles. The fraction of sp³-hybridized carbons (Fsp3) is 0.471. The quantitative estimate of drug-likeness (QED) is 0.912. The van der Waals surface area contributed by atoms with Crippen molar-refractivity contribution in [3.05, 3.63) is 35.6 Å². The fourth-order valence-electron chi connectivity index (χ4n) is 2.74. The first-order valence-electron chi connectivity index (χ1n) is 8.01. The second-order valence-corrected chi connectivity index (χ2v) is 5.77. The van der Waals surface area contributed by atoms with Crippen molar-refractivity contribution >= 4 is 16.9 Å². The maximum atomic E-state index is 12.6. The number of fused-ring (bicyclic) bond motifs is 1. The number of para-hydroxylation sites is 1.